The highest BCUT2D eigenvalue weighted by molar-refractivity contribution is 6.44. The van der Waals surface area contributed by atoms with Gasteiger partial charge in [0.05, 0.1) is 20.8 Å². The van der Waals surface area contributed by atoms with E-state index in [2.05, 4.69) is 5.32 Å². The molecule has 2 aromatic rings. The van der Waals surface area contributed by atoms with Gasteiger partial charge in [-0.1, -0.05) is 52.5 Å². The zero-order valence-corrected chi connectivity index (χ0v) is 13.5. The minimum absolute atomic E-state index is 0.218. The molecule has 0 unspecified atom stereocenters. The van der Waals surface area contributed by atoms with Crippen LogP contribution in [0, 0.1) is 0 Å². The van der Waals surface area contributed by atoms with Crippen molar-refractivity contribution < 1.29 is 9.53 Å². The van der Waals surface area contributed by atoms with Crippen LogP contribution in [0.3, 0.4) is 0 Å². The van der Waals surface area contributed by atoms with E-state index in [0.29, 0.717) is 26.5 Å². The number of amides is 1. The summed E-state index contributed by atoms with van der Waals surface area (Å²) >= 11 is 23.5. The smallest absolute Gasteiger partial charge is 0.262 e. The van der Waals surface area contributed by atoms with E-state index >= 15 is 0 Å². The molecule has 0 atom stereocenters. The van der Waals surface area contributed by atoms with Crippen molar-refractivity contribution in [3.8, 4) is 5.75 Å². The number of ether oxygens (including phenoxy) is 1. The summed E-state index contributed by atoms with van der Waals surface area (Å²) in [5, 5.41) is 4.05. The SMILES string of the molecule is O=C(COc1ccc(Cl)cc1Cl)Nc1cccc(Cl)c1Cl. The third-order valence-corrected chi connectivity index (χ3v) is 3.83. The fourth-order valence-corrected chi connectivity index (χ4v) is 2.33. The number of carbonyl (C=O) groups excluding carboxylic acids is 1. The summed E-state index contributed by atoms with van der Waals surface area (Å²) in [6.07, 6.45) is 0. The first-order valence-corrected chi connectivity index (χ1v) is 7.30. The minimum Gasteiger partial charge on any atom is -0.482 e. The highest BCUT2D eigenvalue weighted by Crippen LogP contribution is 2.30. The number of benzene rings is 2. The summed E-state index contributed by atoms with van der Waals surface area (Å²) in [6, 6.07) is 9.69. The second-order valence-corrected chi connectivity index (χ2v) is 5.64. The van der Waals surface area contributed by atoms with Gasteiger partial charge in [-0.05, 0) is 30.3 Å². The topological polar surface area (TPSA) is 38.3 Å². The van der Waals surface area contributed by atoms with Crippen molar-refractivity contribution in [2.45, 2.75) is 0 Å². The van der Waals surface area contributed by atoms with E-state index in [1.807, 2.05) is 0 Å². The van der Waals surface area contributed by atoms with Crippen LogP contribution in [0.4, 0.5) is 5.69 Å². The Labute approximate surface area is 141 Å². The van der Waals surface area contributed by atoms with Crippen LogP contribution in [0.15, 0.2) is 36.4 Å². The number of hydrogen-bond acceptors (Lipinski definition) is 2. The van der Waals surface area contributed by atoms with E-state index in [0.717, 1.165) is 0 Å². The molecule has 0 bridgehead atoms. The van der Waals surface area contributed by atoms with E-state index in [1.165, 1.54) is 6.07 Å². The quantitative estimate of drug-likeness (QED) is 0.797. The van der Waals surface area contributed by atoms with E-state index in [4.69, 9.17) is 51.1 Å². The molecule has 110 valence electrons. The molecule has 0 aliphatic rings. The number of nitrogens with one attached hydrogen (secondary N) is 1. The molecular formula is C14H9Cl4NO2. The number of carbonyl (C=O) groups is 1. The van der Waals surface area contributed by atoms with Crippen molar-refractivity contribution in [3.63, 3.8) is 0 Å². The molecule has 7 heteroatoms. The molecule has 1 N–H and O–H groups in total. The number of hydrogen-bond donors (Lipinski definition) is 1. The van der Waals surface area contributed by atoms with E-state index in [-0.39, 0.29) is 17.5 Å². The van der Waals surface area contributed by atoms with Crippen molar-refractivity contribution in [2.24, 2.45) is 0 Å². The van der Waals surface area contributed by atoms with Crippen LogP contribution in [0.2, 0.25) is 20.1 Å². The summed E-state index contributed by atoms with van der Waals surface area (Å²) in [6.45, 7) is -0.218. The average molecular weight is 365 g/mol. The Bertz CT molecular complexity index is 676. The molecule has 21 heavy (non-hydrogen) atoms. The molecule has 1 amide bonds. The first kappa shape index (κ1) is 16.2. The fourth-order valence-electron chi connectivity index (χ4n) is 1.52. The highest BCUT2D eigenvalue weighted by atomic mass is 35.5. The molecule has 0 saturated heterocycles. The van der Waals surface area contributed by atoms with Crippen LogP contribution in [0.1, 0.15) is 0 Å². The van der Waals surface area contributed by atoms with E-state index in [9.17, 15) is 4.79 Å². The molecule has 0 heterocycles. The number of rotatable bonds is 4. The minimum atomic E-state index is -0.384. The maximum absolute atomic E-state index is 11.8. The summed E-state index contributed by atoms with van der Waals surface area (Å²) in [4.78, 5) is 11.8. The third kappa shape index (κ3) is 4.42. The molecule has 0 aromatic heterocycles. The second-order valence-electron chi connectivity index (χ2n) is 4.01. The molecule has 0 radical (unpaired) electrons. The van der Waals surface area contributed by atoms with Gasteiger partial charge in [0.25, 0.3) is 5.91 Å². The average Bonchev–Trinajstić information content (AvgIpc) is 2.43. The molecule has 0 saturated carbocycles. The van der Waals surface area contributed by atoms with Crippen molar-refractivity contribution in [3.05, 3.63) is 56.5 Å². The predicted octanol–water partition coefficient (Wildman–Crippen LogP) is 5.32. The Morgan fingerprint density at radius 2 is 1.81 bits per heavy atom. The van der Waals surface area contributed by atoms with Crippen LogP contribution in [-0.2, 0) is 4.79 Å². The molecule has 3 nitrogen and oxygen atoms in total. The van der Waals surface area contributed by atoms with Gasteiger partial charge in [-0.25, -0.2) is 0 Å². The lowest BCUT2D eigenvalue weighted by atomic mass is 10.3. The van der Waals surface area contributed by atoms with Gasteiger partial charge in [0, 0.05) is 5.02 Å². The van der Waals surface area contributed by atoms with Gasteiger partial charge in [0.1, 0.15) is 5.75 Å². The van der Waals surface area contributed by atoms with E-state index < -0.39 is 0 Å². The summed E-state index contributed by atoms with van der Waals surface area (Å²) in [5.74, 6) is -0.0152. The van der Waals surface area contributed by atoms with Crippen LogP contribution >= 0.6 is 46.4 Å². The van der Waals surface area contributed by atoms with Gasteiger partial charge in [0.2, 0.25) is 0 Å². The Kier molecular flexibility index (Phi) is 5.59. The Morgan fingerprint density at radius 1 is 1.05 bits per heavy atom. The first-order valence-electron chi connectivity index (χ1n) is 5.79. The molecule has 0 spiro atoms. The zero-order valence-electron chi connectivity index (χ0n) is 10.5. The van der Waals surface area contributed by atoms with Crippen LogP contribution in [0.25, 0.3) is 0 Å². The van der Waals surface area contributed by atoms with Crippen molar-refractivity contribution in [1.29, 1.82) is 0 Å². The van der Waals surface area contributed by atoms with E-state index in [1.54, 1.807) is 30.3 Å². The number of halogens is 4. The van der Waals surface area contributed by atoms with Gasteiger partial charge < -0.3 is 10.1 Å². The highest BCUT2D eigenvalue weighted by Gasteiger charge is 2.10. The molecule has 0 aliphatic heterocycles. The van der Waals surface area contributed by atoms with Gasteiger partial charge in [-0.3, -0.25) is 4.79 Å². The Balaban J connectivity index is 1.97. The monoisotopic (exact) mass is 363 g/mol. The molecular weight excluding hydrogens is 356 g/mol. The largest absolute Gasteiger partial charge is 0.482 e. The normalized spacial score (nSPS) is 10.3. The summed E-state index contributed by atoms with van der Waals surface area (Å²) in [7, 11) is 0. The molecule has 2 aromatic carbocycles. The maximum Gasteiger partial charge on any atom is 0.262 e. The standard InChI is InChI=1S/C14H9Cl4NO2/c15-8-4-5-12(10(17)6-8)21-7-13(20)19-11-3-1-2-9(16)14(11)18/h1-6H,7H2,(H,19,20). The van der Waals surface area contributed by atoms with Crippen LogP contribution in [-0.4, -0.2) is 12.5 Å². The number of anilines is 1. The predicted molar refractivity (Wildman–Crippen MR) is 87.0 cm³/mol. The first-order chi connectivity index (χ1) is 9.97. The molecule has 0 aliphatic carbocycles. The van der Waals surface area contributed by atoms with Crippen molar-refractivity contribution >= 4 is 58.0 Å². The van der Waals surface area contributed by atoms with Crippen LogP contribution in [0.5, 0.6) is 5.75 Å². The van der Waals surface area contributed by atoms with Gasteiger partial charge in [0.15, 0.2) is 6.61 Å². The van der Waals surface area contributed by atoms with Crippen LogP contribution < -0.4 is 10.1 Å². The lowest BCUT2D eigenvalue weighted by Gasteiger charge is -2.10. The van der Waals surface area contributed by atoms with Gasteiger partial charge >= 0.3 is 0 Å². The summed E-state index contributed by atoms with van der Waals surface area (Å²) < 4.78 is 5.32. The third-order valence-electron chi connectivity index (χ3n) is 2.48. The lowest BCUT2D eigenvalue weighted by molar-refractivity contribution is -0.118. The second kappa shape index (κ2) is 7.23. The Morgan fingerprint density at radius 3 is 2.52 bits per heavy atom. The van der Waals surface area contributed by atoms with Crippen molar-refractivity contribution in [1.82, 2.24) is 0 Å². The lowest BCUT2D eigenvalue weighted by Crippen LogP contribution is -2.20. The Hall–Kier alpha value is -1.13. The van der Waals surface area contributed by atoms with Gasteiger partial charge in [-0.15, -0.1) is 0 Å². The maximum atomic E-state index is 11.8. The molecule has 2 rings (SSSR count). The molecule has 0 fully saturated rings. The van der Waals surface area contributed by atoms with Gasteiger partial charge in [-0.2, -0.15) is 0 Å². The summed E-state index contributed by atoms with van der Waals surface area (Å²) in [5.41, 5.74) is 0.417. The fraction of sp³-hybridized carbons (Fsp3) is 0.0714. The zero-order chi connectivity index (χ0) is 15.4. The van der Waals surface area contributed by atoms with Crippen molar-refractivity contribution in [2.75, 3.05) is 11.9 Å².